The van der Waals surface area contributed by atoms with Crippen LogP contribution < -0.4 is 0 Å². The van der Waals surface area contributed by atoms with Gasteiger partial charge in [0.2, 0.25) is 0 Å². The number of ether oxygens (including phenoxy) is 1. The van der Waals surface area contributed by atoms with Crippen LogP contribution in [0.3, 0.4) is 0 Å². The second-order valence-electron chi connectivity index (χ2n) is 7.67. The van der Waals surface area contributed by atoms with E-state index in [2.05, 4.69) is 20.8 Å². The molecule has 2 rings (SSSR count). The quantitative estimate of drug-likeness (QED) is 0.804. The summed E-state index contributed by atoms with van der Waals surface area (Å²) in [5.41, 5.74) is 0.754. The Morgan fingerprint density at radius 3 is 2.47 bits per heavy atom. The Bertz CT molecular complexity index is 316. The van der Waals surface area contributed by atoms with Crippen molar-refractivity contribution in [1.29, 1.82) is 0 Å². The minimum absolute atomic E-state index is 0.269. The molecule has 0 aliphatic heterocycles. The van der Waals surface area contributed by atoms with Crippen LogP contribution in [0.4, 0.5) is 0 Å². The lowest BCUT2D eigenvalue weighted by atomic mass is 9.70. The van der Waals surface area contributed by atoms with Crippen molar-refractivity contribution in [2.75, 3.05) is 27.2 Å². The first-order chi connectivity index (χ1) is 8.77. The number of rotatable bonds is 6. The van der Waals surface area contributed by atoms with Gasteiger partial charge in [-0.3, -0.25) is 0 Å². The minimum Gasteiger partial charge on any atom is -0.392 e. The zero-order valence-electron chi connectivity index (χ0n) is 13.3. The smallest absolute Gasteiger partial charge is 0.0688 e. The van der Waals surface area contributed by atoms with Crippen LogP contribution in [0.1, 0.15) is 46.5 Å². The van der Waals surface area contributed by atoms with Gasteiger partial charge in [-0.1, -0.05) is 20.8 Å². The molecular formula is C16H31NO2. The Balaban J connectivity index is 1.79. The summed E-state index contributed by atoms with van der Waals surface area (Å²) in [7, 11) is 3.98. The van der Waals surface area contributed by atoms with Crippen molar-refractivity contribution >= 4 is 0 Å². The maximum atomic E-state index is 9.87. The summed E-state index contributed by atoms with van der Waals surface area (Å²) in [4.78, 5) is 2.02. The average molecular weight is 269 g/mol. The molecule has 0 amide bonds. The Morgan fingerprint density at radius 1 is 1.32 bits per heavy atom. The molecule has 0 aromatic rings. The number of nitrogens with zero attached hydrogens (tertiary/aromatic N) is 1. The first-order valence-corrected chi connectivity index (χ1v) is 7.72. The van der Waals surface area contributed by atoms with Crippen molar-refractivity contribution in [1.82, 2.24) is 4.90 Å². The molecule has 0 spiro atoms. The molecule has 2 fully saturated rings. The number of hydrogen-bond acceptors (Lipinski definition) is 3. The van der Waals surface area contributed by atoms with E-state index < -0.39 is 0 Å². The molecule has 2 aliphatic carbocycles. The van der Waals surface area contributed by atoms with Crippen LogP contribution >= 0.6 is 0 Å². The van der Waals surface area contributed by atoms with Crippen molar-refractivity contribution < 1.29 is 9.84 Å². The van der Waals surface area contributed by atoms with Crippen LogP contribution in [0.5, 0.6) is 0 Å². The zero-order valence-corrected chi connectivity index (χ0v) is 13.3. The van der Waals surface area contributed by atoms with Crippen LogP contribution in [0.15, 0.2) is 0 Å². The van der Waals surface area contributed by atoms with Crippen LogP contribution in [0.25, 0.3) is 0 Å². The molecule has 3 heteroatoms. The molecule has 4 atom stereocenters. The highest BCUT2D eigenvalue weighted by Gasteiger charge is 2.61. The molecule has 0 heterocycles. The lowest BCUT2D eigenvalue weighted by Crippen LogP contribution is -2.37. The highest BCUT2D eigenvalue weighted by molar-refractivity contribution is 5.11. The van der Waals surface area contributed by atoms with Crippen LogP contribution in [-0.2, 0) is 4.74 Å². The third kappa shape index (κ3) is 2.70. The van der Waals surface area contributed by atoms with E-state index in [1.165, 1.54) is 19.3 Å². The number of likely N-dealkylation sites (N-methyl/N-ethyl adjacent to an activating group) is 1. The summed E-state index contributed by atoms with van der Waals surface area (Å²) in [6.45, 7) is 8.64. The highest BCUT2D eigenvalue weighted by atomic mass is 16.5. The lowest BCUT2D eigenvalue weighted by molar-refractivity contribution is -0.0557. The lowest BCUT2D eigenvalue weighted by Gasteiger charge is -2.39. The first kappa shape index (κ1) is 15.3. The summed E-state index contributed by atoms with van der Waals surface area (Å²) in [5, 5.41) is 9.87. The van der Waals surface area contributed by atoms with Crippen LogP contribution in [0.2, 0.25) is 0 Å². The van der Waals surface area contributed by atoms with Crippen LogP contribution in [0, 0.1) is 16.7 Å². The molecular weight excluding hydrogens is 238 g/mol. The van der Waals surface area contributed by atoms with Gasteiger partial charge in [-0.05, 0) is 56.5 Å². The number of fused-ring (bicyclic) bond motifs is 2. The standard InChI is InChI=1S/C16H31NO2/c1-15(2)12-6-8-16(15,3)14(10-12)19-9-7-13(18)11-17(4)5/h12-14,18H,6-11H2,1-5H3/t12-,13+,14-,16-/m1/s1. The van der Waals surface area contributed by atoms with Gasteiger partial charge in [-0.2, -0.15) is 0 Å². The Morgan fingerprint density at radius 2 is 2.00 bits per heavy atom. The van der Waals surface area contributed by atoms with E-state index in [1.807, 2.05) is 19.0 Å². The van der Waals surface area contributed by atoms with E-state index in [9.17, 15) is 5.11 Å². The summed E-state index contributed by atoms with van der Waals surface area (Å²) >= 11 is 0. The van der Waals surface area contributed by atoms with Gasteiger partial charge >= 0.3 is 0 Å². The number of hydrogen-bond donors (Lipinski definition) is 1. The molecule has 0 unspecified atom stereocenters. The monoisotopic (exact) mass is 269 g/mol. The van der Waals surface area contributed by atoms with Crippen molar-refractivity contribution in [2.24, 2.45) is 16.7 Å². The predicted octanol–water partition coefficient (Wildman–Crippen LogP) is 2.53. The van der Waals surface area contributed by atoms with Gasteiger partial charge in [-0.25, -0.2) is 0 Å². The highest BCUT2D eigenvalue weighted by Crippen LogP contribution is 2.66. The fraction of sp³-hybridized carbons (Fsp3) is 1.00. The third-order valence-electron chi connectivity index (χ3n) is 6.06. The molecule has 0 aromatic heterocycles. The molecule has 3 nitrogen and oxygen atoms in total. The van der Waals surface area contributed by atoms with E-state index in [0.717, 1.165) is 18.9 Å². The van der Waals surface area contributed by atoms with Crippen molar-refractivity contribution in [3.05, 3.63) is 0 Å². The van der Waals surface area contributed by atoms with Gasteiger partial charge in [0.15, 0.2) is 0 Å². The fourth-order valence-electron chi connectivity index (χ4n) is 4.24. The van der Waals surface area contributed by atoms with Gasteiger partial charge in [0, 0.05) is 13.2 Å². The molecule has 19 heavy (non-hydrogen) atoms. The SMILES string of the molecule is CN(C)C[C@@H](O)CCO[C@@H]1C[C@H]2CC[C@@]1(C)C2(C)C. The van der Waals surface area contributed by atoms with Crippen LogP contribution in [-0.4, -0.2) is 49.5 Å². The summed E-state index contributed by atoms with van der Waals surface area (Å²) < 4.78 is 6.15. The fourth-order valence-corrected chi connectivity index (χ4v) is 4.24. The second-order valence-corrected chi connectivity index (χ2v) is 7.67. The summed E-state index contributed by atoms with van der Waals surface area (Å²) in [6.07, 6.45) is 4.76. The maximum Gasteiger partial charge on any atom is 0.0688 e. The zero-order chi connectivity index (χ0) is 14.3. The number of aliphatic hydroxyl groups is 1. The Hall–Kier alpha value is -0.120. The van der Waals surface area contributed by atoms with Crippen molar-refractivity contribution in [3.8, 4) is 0 Å². The third-order valence-corrected chi connectivity index (χ3v) is 6.06. The molecule has 2 bridgehead atoms. The average Bonchev–Trinajstić information content (AvgIpc) is 2.60. The molecule has 2 saturated carbocycles. The number of aliphatic hydroxyl groups excluding tert-OH is 1. The van der Waals surface area contributed by atoms with E-state index in [4.69, 9.17) is 4.74 Å². The molecule has 112 valence electrons. The van der Waals surface area contributed by atoms with Gasteiger partial charge in [0.25, 0.3) is 0 Å². The maximum absolute atomic E-state index is 9.87. The Kier molecular flexibility index (Phi) is 4.29. The predicted molar refractivity (Wildman–Crippen MR) is 78.1 cm³/mol. The van der Waals surface area contributed by atoms with Gasteiger partial charge in [0.05, 0.1) is 12.2 Å². The molecule has 0 saturated heterocycles. The molecule has 0 radical (unpaired) electrons. The normalized spacial score (nSPS) is 38.1. The topological polar surface area (TPSA) is 32.7 Å². The Labute approximate surface area is 118 Å². The van der Waals surface area contributed by atoms with Crippen molar-refractivity contribution in [3.63, 3.8) is 0 Å². The van der Waals surface area contributed by atoms with Gasteiger partial charge in [0.1, 0.15) is 0 Å². The molecule has 0 aromatic carbocycles. The van der Waals surface area contributed by atoms with E-state index in [1.54, 1.807) is 0 Å². The van der Waals surface area contributed by atoms with E-state index in [0.29, 0.717) is 23.5 Å². The van der Waals surface area contributed by atoms with E-state index in [-0.39, 0.29) is 6.10 Å². The van der Waals surface area contributed by atoms with Crippen molar-refractivity contribution in [2.45, 2.75) is 58.7 Å². The minimum atomic E-state index is -0.269. The largest absolute Gasteiger partial charge is 0.392 e. The second kappa shape index (κ2) is 5.34. The first-order valence-electron chi connectivity index (χ1n) is 7.72. The van der Waals surface area contributed by atoms with Gasteiger partial charge < -0.3 is 14.7 Å². The van der Waals surface area contributed by atoms with E-state index >= 15 is 0 Å². The summed E-state index contributed by atoms with van der Waals surface area (Å²) in [6, 6.07) is 0. The molecule has 1 N–H and O–H groups in total. The van der Waals surface area contributed by atoms with Gasteiger partial charge in [-0.15, -0.1) is 0 Å². The summed E-state index contributed by atoms with van der Waals surface area (Å²) in [5.74, 6) is 0.828. The molecule has 2 aliphatic rings.